The third-order valence-corrected chi connectivity index (χ3v) is 3.79. The largest absolute Gasteiger partial charge is 0.497 e. The fraction of sp³-hybridized carbons (Fsp3) is 0.0526. The Kier molecular flexibility index (Phi) is 4.44. The topological polar surface area (TPSA) is 9.23 Å². The molecule has 0 aliphatic carbocycles. The van der Waals surface area contributed by atoms with Crippen LogP contribution >= 0.6 is 0 Å². The standard InChI is InChI=1S/C19H11F5O/c1-25-13-8-15(20)18(16(21)9-13)11-4-5-14-10(6-11)2-3-12(19(14)24)7-17(22)23/h2-9H,1H3. The minimum absolute atomic E-state index is 0.0373. The molecule has 6 heteroatoms. The van der Waals surface area contributed by atoms with Gasteiger partial charge in [-0.3, -0.25) is 0 Å². The molecule has 25 heavy (non-hydrogen) atoms. The van der Waals surface area contributed by atoms with Gasteiger partial charge in [0.1, 0.15) is 23.2 Å². The van der Waals surface area contributed by atoms with Crippen molar-refractivity contribution in [2.24, 2.45) is 0 Å². The number of halogens is 5. The number of fused-ring (bicyclic) bond motifs is 1. The van der Waals surface area contributed by atoms with Gasteiger partial charge in [-0.2, -0.15) is 8.78 Å². The molecule has 0 saturated heterocycles. The summed E-state index contributed by atoms with van der Waals surface area (Å²) < 4.78 is 72.1. The van der Waals surface area contributed by atoms with Gasteiger partial charge in [0, 0.05) is 29.2 Å². The van der Waals surface area contributed by atoms with E-state index in [9.17, 15) is 22.0 Å². The second-order valence-corrected chi connectivity index (χ2v) is 5.30. The van der Waals surface area contributed by atoms with Gasteiger partial charge >= 0.3 is 0 Å². The van der Waals surface area contributed by atoms with Crippen LogP contribution in [0.2, 0.25) is 0 Å². The molecule has 0 saturated carbocycles. The first kappa shape index (κ1) is 17.0. The van der Waals surface area contributed by atoms with Crippen LogP contribution in [0.25, 0.3) is 28.0 Å². The van der Waals surface area contributed by atoms with Crippen molar-refractivity contribution in [1.29, 1.82) is 0 Å². The summed E-state index contributed by atoms with van der Waals surface area (Å²) in [5.74, 6) is -2.44. The Morgan fingerprint density at radius 1 is 0.920 bits per heavy atom. The molecule has 128 valence electrons. The summed E-state index contributed by atoms with van der Waals surface area (Å²) in [6, 6.07) is 8.71. The second-order valence-electron chi connectivity index (χ2n) is 5.30. The smallest absolute Gasteiger partial charge is 0.271 e. The first-order valence-electron chi connectivity index (χ1n) is 7.19. The van der Waals surface area contributed by atoms with Gasteiger partial charge in [0.25, 0.3) is 6.08 Å². The Bertz CT molecular complexity index is 968. The van der Waals surface area contributed by atoms with E-state index in [4.69, 9.17) is 4.74 Å². The van der Waals surface area contributed by atoms with E-state index < -0.39 is 23.5 Å². The highest BCUT2D eigenvalue weighted by molar-refractivity contribution is 5.89. The van der Waals surface area contributed by atoms with Crippen LogP contribution in [0.4, 0.5) is 22.0 Å². The van der Waals surface area contributed by atoms with Crippen molar-refractivity contribution in [2.75, 3.05) is 7.11 Å². The molecule has 0 heterocycles. The lowest BCUT2D eigenvalue weighted by atomic mass is 9.98. The maximum absolute atomic E-state index is 14.3. The molecule has 0 aliphatic rings. The lowest BCUT2D eigenvalue weighted by Gasteiger charge is -2.10. The Hall–Kier alpha value is -2.89. The first-order valence-corrected chi connectivity index (χ1v) is 7.19. The summed E-state index contributed by atoms with van der Waals surface area (Å²) in [4.78, 5) is 0. The van der Waals surface area contributed by atoms with E-state index >= 15 is 0 Å². The predicted molar refractivity (Wildman–Crippen MR) is 86.0 cm³/mol. The van der Waals surface area contributed by atoms with Crippen molar-refractivity contribution < 1.29 is 26.7 Å². The van der Waals surface area contributed by atoms with Crippen molar-refractivity contribution in [3.05, 3.63) is 71.6 Å². The van der Waals surface area contributed by atoms with Crippen molar-refractivity contribution in [3.8, 4) is 16.9 Å². The lowest BCUT2D eigenvalue weighted by Crippen LogP contribution is -1.94. The number of hydrogen-bond donors (Lipinski definition) is 0. The molecule has 0 amide bonds. The zero-order valence-electron chi connectivity index (χ0n) is 12.9. The quantitative estimate of drug-likeness (QED) is 0.513. The van der Waals surface area contributed by atoms with Crippen LogP contribution in [-0.4, -0.2) is 7.11 Å². The van der Waals surface area contributed by atoms with Gasteiger partial charge in [-0.15, -0.1) is 0 Å². The van der Waals surface area contributed by atoms with Crippen LogP contribution in [0, 0.1) is 17.5 Å². The van der Waals surface area contributed by atoms with Crippen molar-refractivity contribution in [1.82, 2.24) is 0 Å². The number of rotatable bonds is 3. The molecule has 0 aliphatic heterocycles. The molecule has 0 spiro atoms. The summed E-state index contributed by atoms with van der Waals surface area (Å²) in [6.45, 7) is 0. The molecule has 0 N–H and O–H groups in total. The summed E-state index contributed by atoms with van der Waals surface area (Å²) >= 11 is 0. The normalized spacial score (nSPS) is 10.8. The number of benzene rings is 3. The number of ether oxygens (including phenoxy) is 1. The molecule has 0 radical (unpaired) electrons. The average Bonchev–Trinajstić information content (AvgIpc) is 2.56. The fourth-order valence-electron chi connectivity index (χ4n) is 2.64. The maximum Gasteiger partial charge on any atom is 0.271 e. The average molecular weight is 350 g/mol. The molecule has 1 nitrogen and oxygen atoms in total. The van der Waals surface area contributed by atoms with Crippen LogP contribution in [0.3, 0.4) is 0 Å². The summed E-state index contributed by atoms with van der Waals surface area (Å²) in [6.07, 6.45) is -1.59. The Balaban J connectivity index is 2.16. The van der Waals surface area contributed by atoms with Gasteiger partial charge in [-0.1, -0.05) is 24.3 Å². The van der Waals surface area contributed by atoms with Crippen LogP contribution in [-0.2, 0) is 0 Å². The van der Waals surface area contributed by atoms with Crippen molar-refractivity contribution >= 4 is 16.8 Å². The molecule has 3 rings (SSSR count). The fourth-order valence-corrected chi connectivity index (χ4v) is 2.64. The van der Waals surface area contributed by atoms with Crippen molar-refractivity contribution in [2.45, 2.75) is 0 Å². The molecule has 0 fully saturated rings. The van der Waals surface area contributed by atoms with Gasteiger partial charge in [-0.25, -0.2) is 13.2 Å². The molecule has 0 unspecified atom stereocenters. The van der Waals surface area contributed by atoms with Gasteiger partial charge in [-0.05, 0) is 17.0 Å². The number of hydrogen-bond acceptors (Lipinski definition) is 1. The lowest BCUT2D eigenvalue weighted by molar-refractivity contribution is 0.407. The highest BCUT2D eigenvalue weighted by atomic mass is 19.3. The molecular formula is C19H11F5O. The van der Waals surface area contributed by atoms with E-state index in [2.05, 4.69) is 0 Å². The molecule has 0 atom stereocenters. The minimum atomic E-state index is -2.02. The zero-order chi connectivity index (χ0) is 18.1. The van der Waals surface area contributed by atoms with Gasteiger partial charge in [0.15, 0.2) is 0 Å². The van der Waals surface area contributed by atoms with E-state index in [0.29, 0.717) is 11.5 Å². The van der Waals surface area contributed by atoms with E-state index in [-0.39, 0.29) is 27.8 Å². The second kappa shape index (κ2) is 6.55. The van der Waals surface area contributed by atoms with Crippen LogP contribution in [0.1, 0.15) is 5.56 Å². The summed E-state index contributed by atoms with van der Waals surface area (Å²) in [5, 5.41) is 0.411. The molecule has 0 bridgehead atoms. The first-order chi connectivity index (χ1) is 11.9. The minimum Gasteiger partial charge on any atom is -0.497 e. The molecular weight excluding hydrogens is 339 g/mol. The molecule has 0 aromatic heterocycles. The van der Waals surface area contributed by atoms with Crippen LogP contribution in [0.5, 0.6) is 5.75 Å². The van der Waals surface area contributed by atoms with Crippen LogP contribution in [0.15, 0.2) is 48.5 Å². The van der Waals surface area contributed by atoms with Crippen LogP contribution < -0.4 is 4.74 Å². The SMILES string of the molecule is COc1cc(F)c(-c2ccc3c(F)c(C=C(F)F)ccc3c2)c(F)c1. The third kappa shape index (κ3) is 3.20. The Morgan fingerprint density at radius 3 is 2.20 bits per heavy atom. The van der Waals surface area contributed by atoms with Gasteiger partial charge in [0.2, 0.25) is 0 Å². The monoisotopic (exact) mass is 350 g/mol. The van der Waals surface area contributed by atoms with Crippen molar-refractivity contribution in [3.63, 3.8) is 0 Å². The highest BCUT2D eigenvalue weighted by Gasteiger charge is 2.15. The van der Waals surface area contributed by atoms with E-state index in [1.165, 1.54) is 37.4 Å². The molecule has 3 aromatic rings. The highest BCUT2D eigenvalue weighted by Crippen LogP contribution is 2.33. The molecule has 3 aromatic carbocycles. The Morgan fingerprint density at radius 2 is 1.60 bits per heavy atom. The maximum atomic E-state index is 14.3. The van der Waals surface area contributed by atoms with Gasteiger partial charge < -0.3 is 4.74 Å². The third-order valence-electron chi connectivity index (χ3n) is 3.79. The number of methoxy groups -OCH3 is 1. The van der Waals surface area contributed by atoms with Gasteiger partial charge in [0.05, 0.1) is 12.7 Å². The van der Waals surface area contributed by atoms with E-state index in [1.807, 2.05) is 0 Å². The summed E-state index contributed by atoms with van der Waals surface area (Å²) in [7, 11) is 1.29. The zero-order valence-corrected chi connectivity index (χ0v) is 12.9. The predicted octanol–water partition coefficient (Wildman–Crippen LogP) is 6.17. The summed E-state index contributed by atoms with van der Waals surface area (Å²) in [5.41, 5.74) is -0.339. The Labute approximate surface area is 140 Å². The van der Waals surface area contributed by atoms with E-state index in [0.717, 1.165) is 12.1 Å². The van der Waals surface area contributed by atoms with E-state index in [1.54, 1.807) is 0 Å².